The second-order valence-corrected chi connectivity index (χ2v) is 8.78. The lowest BCUT2D eigenvalue weighted by atomic mass is 10.1. The zero-order valence-corrected chi connectivity index (χ0v) is 16.9. The van der Waals surface area contributed by atoms with Crippen molar-refractivity contribution < 1.29 is 17.7 Å². The normalized spacial score (nSPS) is 13.3. The maximum absolute atomic E-state index is 13.0. The van der Waals surface area contributed by atoms with Gasteiger partial charge in [0.05, 0.1) is 21.0 Å². The predicted molar refractivity (Wildman–Crippen MR) is 107 cm³/mol. The summed E-state index contributed by atoms with van der Waals surface area (Å²) in [5.41, 5.74) is 0.488. The van der Waals surface area contributed by atoms with Gasteiger partial charge < -0.3 is 4.52 Å². The standard InChI is InChI=1S/C19H12F3N5OS2/c1-10(29-17-24-25-18-27(17)13-7-2-3-8-14(13)30-18)16-23-15(26-28-16)11-5-4-6-12(9-11)19(20,21)22/h2-10H,1H3. The number of rotatable bonds is 4. The third-order valence-electron chi connectivity index (χ3n) is 4.43. The molecule has 0 saturated carbocycles. The van der Waals surface area contributed by atoms with Gasteiger partial charge in [0.1, 0.15) is 0 Å². The summed E-state index contributed by atoms with van der Waals surface area (Å²) in [5, 5.41) is 12.7. The zero-order chi connectivity index (χ0) is 20.9. The van der Waals surface area contributed by atoms with Crippen LogP contribution < -0.4 is 0 Å². The molecule has 0 bridgehead atoms. The molecular formula is C19H12F3N5OS2. The van der Waals surface area contributed by atoms with Crippen LogP contribution in [0.1, 0.15) is 23.6 Å². The summed E-state index contributed by atoms with van der Waals surface area (Å²) >= 11 is 2.93. The van der Waals surface area contributed by atoms with Gasteiger partial charge in [0, 0.05) is 5.56 Å². The highest BCUT2D eigenvalue weighted by atomic mass is 32.2. The minimum absolute atomic E-state index is 0.107. The Morgan fingerprint density at radius 1 is 1.10 bits per heavy atom. The van der Waals surface area contributed by atoms with Crippen molar-refractivity contribution >= 4 is 38.3 Å². The van der Waals surface area contributed by atoms with Gasteiger partial charge >= 0.3 is 6.18 Å². The molecule has 0 aliphatic heterocycles. The molecule has 0 spiro atoms. The molecule has 152 valence electrons. The van der Waals surface area contributed by atoms with E-state index in [0.29, 0.717) is 11.0 Å². The molecule has 0 N–H and O–H groups in total. The highest BCUT2D eigenvalue weighted by molar-refractivity contribution is 7.99. The fourth-order valence-corrected chi connectivity index (χ4v) is 4.91. The van der Waals surface area contributed by atoms with Gasteiger partial charge in [0.2, 0.25) is 16.7 Å². The molecule has 5 rings (SSSR count). The molecule has 0 fully saturated rings. The molecule has 0 radical (unpaired) electrons. The van der Waals surface area contributed by atoms with Crippen LogP contribution >= 0.6 is 23.1 Å². The van der Waals surface area contributed by atoms with Crippen LogP contribution in [0.2, 0.25) is 0 Å². The first kappa shape index (κ1) is 19.1. The smallest absolute Gasteiger partial charge is 0.338 e. The lowest BCUT2D eigenvalue weighted by Crippen LogP contribution is -2.04. The van der Waals surface area contributed by atoms with Crippen molar-refractivity contribution in [3.63, 3.8) is 0 Å². The van der Waals surface area contributed by atoms with Crippen molar-refractivity contribution in [3.8, 4) is 11.4 Å². The topological polar surface area (TPSA) is 69.1 Å². The summed E-state index contributed by atoms with van der Waals surface area (Å²) in [4.78, 5) is 5.07. The maximum Gasteiger partial charge on any atom is 0.416 e. The van der Waals surface area contributed by atoms with Gasteiger partial charge in [-0.05, 0) is 31.2 Å². The summed E-state index contributed by atoms with van der Waals surface area (Å²) in [6.45, 7) is 1.86. The lowest BCUT2D eigenvalue weighted by molar-refractivity contribution is -0.137. The summed E-state index contributed by atoms with van der Waals surface area (Å²) < 4.78 is 47.3. The van der Waals surface area contributed by atoms with Crippen LogP contribution in [0.5, 0.6) is 0 Å². The molecular weight excluding hydrogens is 435 g/mol. The first-order chi connectivity index (χ1) is 14.4. The third kappa shape index (κ3) is 3.33. The average molecular weight is 447 g/mol. The molecule has 30 heavy (non-hydrogen) atoms. The van der Waals surface area contributed by atoms with E-state index in [-0.39, 0.29) is 16.6 Å². The first-order valence-corrected chi connectivity index (χ1v) is 10.5. The van der Waals surface area contributed by atoms with Crippen LogP contribution in [0, 0.1) is 0 Å². The molecule has 0 amide bonds. The van der Waals surface area contributed by atoms with Gasteiger partial charge in [0.15, 0.2) is 5.16 Å². The highest BCUT2D eigenvalue weighted by Gasteiger charge is 2.31. The number of thioether (sulfide) groups is 1. The van der Waals surface area contributed by atoms with Gasteiger partial charge in [-0.25, -0.2) is 0 Å². The van der Waals surface area contributed by atoms with Crippen molar-refractivity contribution in [1.82, 2.24) is 24.7 Å². The van der Waals surface area contributed by atoms with Crippen LogP contribution in [0.3, 0.4) is 0 Å². The first-order valence-electron chi connectivity index (χ1n) is 8.81. The second-order valence-electron chi connectivity index (χ2n) is 6.47. The van der Waals surface area contributed by atoms with E-state index in [4.69, 9.17) is 4.52 Å². The SMILES string of the molecule is CC(Sc1nnc2sc3ccccc3n12)c1nc(-c2cccc(C(F)(F)F)c2)no1. The number of fused-ring (bicyclic) bond motifs is 3. The summed E-state index contributed by atoms with van der Waals surface area (Å²) in [6.07, 6.45) is -4.44. The summed E-state index contributed by atoms with van der Waals surface area (Å²) in [6, 6.07) is 12.8. The summed E-state index contributed by atoms with van der Waals surface area (Å²) in [7, 11) is 0. The van der Waals surface area contributed by atoms with Gasteiger partial charge in [0.25, 0.3) is 0 Å². The van der Waals surface area contributed by atoms with E-state index in [1.54, 1.807) is 11.3 Å². The zero-order valence-electron chi connectivity index (χ0n) is 15.3. The molecule has 11 heteroatoms. The Morgan fingerprint density at radius 2 is 1.93 bits per heavy atom. The Labute approximate surface area is 175 Å². The average Bonchev–Trinajstić information content (AvgIpc) is 3.43. The second kappa shape index (κ2) is 7.10. The molecule has 1 unspecified atom stereocenters. The van der Waals surface area contributed by atoms with E-state index in [0.717, 1.165) is 27.3 Å². The van der Waals surface area contributed by atoms with Crippen LogP contribution in [0.25, 0.3) is 26.6 Å². The van der Waals surface area contributed by atoms with Gasteiger partial charge in [-0.2, -0.15) is 18.2 Å². The number of thiazole rings is 1. The van der Waals surface area contributed by atoms with E-state index in [1.165, 1.54) is 23.9 Å². The number of nitrogens with zero attached hydrogens (tertiary/aromatic N) is 5. The molecule has 0 aliphatic carbocycles. The van der Waals surface area contributed by atoms with Crippen molar-refractivity contribution in [2.45, 2.75) is 23.5 Å². The Hall–Kier alpha value is -2.92. The molecule has 1 atom stereocenters. The van der Waals surface area contributed by atoms with E-state index in [9.17, 15) is 13.2 Å². The van der Waals surface area contributed by atoms with Gasteiger partial charge in [-0.3, -0.25) is 4.40 Å². The number of halogens is 3. The third-order valence-corrected chi connectivity index (χ3v) is 6.47. The van der Waals surface area contributed by atoms with E-state index in [2.05, 4.69) is 20.3 Å². The van der Waals surface area contributed by atoms with Crippen molar-refractivity contribution in [3.05, 3.63) is 60.0 Å². The maximum atomic E-state index is 13.0. The molecule has 0 aliphatic rings. The Kier molecular flexibility index (Phi) is 4.51. The molecule has 3 aromatic heterocycles. The summed E-state index contributed by atoms with van der Waals surface area (Å²) in [5.74, 6) is 0.402. The van der Waals surface area contributed by atoms with E-state index in [1.807, 2.05) is 35.6 Å². The largest absolute Gasteiger partial charge is 0.416 e. The van der Waals surface area contributed by atoms with Crippen molar-refractivity contribution in [2.75, 3.05) is 0 Å². The minimum Gasteiger partial charge on any atom is -0.338 e. The van der Waals surface area contributed by atoms with Gasteiger partial charge in [-0.15, -0.1) is 10.2 Å². The molecule has 6 nitrogen and oxygen atoms in total. The fourth-order valence-electron chi connectivity index (χ4n) is 2.99. The minimum atomic E-state index is -4.44. The Morgan fingerprint density at radius 3 is 2.77 bits per heavy atom. The number of hydrogen-bond donors (Lipinski definition) is 0. The van der Waals surface area contributed by atoms with Crippen LogP contribution in [0.4, 0.5) is 13.2 Å². The fraction of sp³-hybridized carbons (Fsp3) is 0.158. The van der Waals surface area contributed by atoms with Crippen molar-refractivity contribution in [1.29, 1.82) is 0 Å². The van der Waals surface area contributed by atoms with Crippen molar-refractivity contribution in [2.24, 2.45) is 0 Å². The van der Waals surface area contributed by atoms with Crippen LogP contribution in [0.15, 0.2) is 58.2 Å². The number of benzene rings is 2. The van der Waals surface area contributed by atoms with E-state index >= 15 is 0 Å². The number of para-hydroxylation sites is 1. The Balaban J connectivity index is 1.43. The van der Waals surface area contributed by atoms with Crippen LogP contribution in [-0.4, -0.2) is 24.7 Å². The number of aromatic nitrogens is 5. The number of hydrogen-bond acceptors (Lipinski definition) is 7. The molecule has 3 heterocycles. The van der Waals surface area contributed by atoms with Crippen LogP contribution in [-0.2, 0) is 6.18 Å². The van der Waals surface area contributed by atoms with E-state index < -0.39 is 11.7 Å². The lowest BCUT2D eigenvalue weighted by Gasteiger charge is -2.06. The predicted octanol–water partition coefficient (Wildman–Crippen LogP) is 5.87. The molecule has 0 saturated heterocycles. The monoisotopic (exact) mass is 447 g/mol. The Bertz CT molecular complexity index is 1360. The highest BCUT2D eigenvalue weighted by Crippen LogP contribution is 2.37. The quantitative estimate of drug-likeness (QED) is 0.321. The molecule has 5 aromatic rings. The van der Waals surface area contributed by atoms with Gasteiger partial charge in [-0.1, -0.05) is 52.5 Å². The number of alkyl halides is 3. The molecule has 2 aromatic carbocycles.